The molecule has 1 unspecified atom stereocenters. The number of aldehydes is 1. The summed E-state index contributed by atoms with van der Waals surface area (Å²) in [6.07, 6.45) is 7.46. The lowest BCUT2D eigenvalue weighted by Crippen LogP contribution is -2.47. The molecular weight excluding hydrogens is 230 g/mol. The van der Waals surface area contributed by atoms with Gasteiger partial charge in [0, 0.05) is 31.2 Å². The van der Waals surface area contributed by atoms with E-state index in [1.54, 1.807) is 0 Å². The van der Waals surface area contributed by atoms with Crippen molar-refractivity contribution in [2.45, 2.75) is 44.6 Å². The molecule has 0 aromatic carbocycles. The number of ether oxygens (including phenoxy) is 1. The van der Waals surface area contributed by atoms with E-state index >= 15 is 0 Å². The summed E-state index contributed by atoms with van der Waals surface area (Å²) in [5, 5.41) is 9.52. The molecule has 2 saturated heterocycles. The van der Waals surface area contributed by atoms with Crippen LogP contribution >= 0.6 is 0 Å². The Morgan fingerprint density at radius 3 is 2.72 bits per heavy atom. The van der Waals surface area contributed by atoms with Crippen LogP contribution in [0, 0.1) is 5.41 Å². The molecule has 4 heteroatoms. The number of hydrogen-bond acceptors (Lipinski definition) is 4. The first kappa shape index (κ1) is 14.0. The van der Waals surface area contributed by atoms with E-state index < -0.39 is 0 Å². The van der Waals surface area contributed by atoms with Crippen molar-refractivity contribution in [3.8, 4) is 0 Å². The van der Waals surface area contributed by atoms with E-state index in [2.05, 4.69) is 4.90 Å². The van der Waals surface area contributed by atoms with Crippen LogP contribution in [0.3, 0.4) is 0 Å². The third kappa shape index (κ3) is 3.31. The molecule has 0 aromatic heterocycles. The van der Waals surface area contributed by atoms with Crippen molar-refractivity contribution in [3.63, 3.8) is 0 Å². The fourth-order valence-corrected chi connectivity index (χ4v) is 3.15. The average molecular weight is 255 g/mol. The molecule has 2 aliphatic heterocycles. The molecule has 0 radical (unpaired) electrons. The second-order valence-electron chi connectivity index (χ2n) is 5.75. The second-order valence-corrected chi connectivity index (χ2v) is 5.75. The van der Waals surface area contributed by atoms with Crippen LogP contribution in [0.15, 0.2) is 0 Å². The van der Waals surface area contributed by atoms with Gasteiger partial charge in [0.2, 0.25) is 0 Å². The average Bonchev–Trinajstić information content (AvgIpc) is 2.65. The normalized spacial score (nSPS) is 29.7. The molecule has 0 spiro atoms. The van der Waals surface area contributed by atoms with E-state index in [1.165, 1.54) is 19.3 Å². The van der Waals surface area contributed by atoms with Gasteiger partial charge in [0.1, 0.15) is 6.29 Å². The van der Waals surface area contributed by atoms with E-state index in [9.17, 15) is 9.90 Å². The number of nitrogens with zero attached hydrogens (tertiary/aromatic N) is 1. The Hall–Kier alpha value is -0.450. The van der Waals surface area contributed by atoms with Gasteiger partial charge in [-0.2, -0.15) is 0 Å². The first-order chi connectivity index (χ1) is 8.79. The SMILES string of the molecule is O=CC1(CN2CCCCCC2CO)CCOCC1. The zero-order chi connectivity index (χ0) is 12.8. The van der Waals surface area contributed by atoms with Gasteiger partial charge >= 0.3 is 0 Å². The van der Waals surface area contributed by atoms with E-state index in [4.69, 9.17) is 4.74 Å². The van der Waals surface area contributed by atoms with Gasteiger partial charge in [-0.3, -0.25) is 4.90 Å². The molecular formula is C14H25NO3. The summed E-state index contributed by atoms with van der Waals surface area (Å²) in [6.45, 7) is 3.41. The molecule has 1 atom stereocenters. The van der Waals surface area contributed by atoms with E-state index in [1.807, 2.05) is 0 Å². The second kappa shape index (κ2) is 6.64. The monoisotopic (exact) mass is 255 g/mol. The Kier molecular flexibility index (Phi) is 5.15. The molecule has 18 heavy (non-hydrogen) atoms. The zero-order valence-corrected chi connectivity index (χ0v) is 11.1. The van der Waals surface area contributed by atoms with Crippen molar-refractivity contribution in [2.75, 3.05) is 32.9 Å². The Morgan fingerprint density at radius 1 is 1.28 bits per heavy atom. The highest BCUT2D eigenvalue weighted by atomic mass is 16.5. The third-order valence-electron chi connectivity index (χ3n) is 4.47. The number of aliphatic hydroxyl groups excluding tert-OH is 1. The first-order valence-corrected chi connectivity index (χ1v) is 7.19. The predicted octanol–water partition coefficient (Wildman–Crippen LogP) is 1.22. The molecule has 0 bridgehead atoms. The number of rotatable bonds is 4. The molecule has 4 nitrogen and oxygen atoms in total. The van der Waals surface area contributed by atoms with Crippen LogP contribution in [0.2, 0.25) is 0 Å². The van der Waals surface area contributed by atoms with Gasteiger partial charge in [-0.25, -0.2) is 0 Å². The van der Waals surface area contributed by atoms with E-state index in [-0.39, 0.29) is 18.1 Å². The minimum atomic E-state index is -0.240. The number of aliphatic hydroxyl groups is 1. The van der Waals surface area contributed by atoms with Gasteiger partial charge in [0.25, 0.3) is 0 Å². The third-order valence-corrected chi connectivity index (χ3v) is 4.47. The summed E-state index contributed by atoms with van der Waals surface area (Å²) in [5.74, 6) is 0. The van der Waals surface area contributed by atoms with Crippen molar-refractivity contribution < 1.29 is 14.6 Å². The van der Waals surface area contributed by atoms with Gasteiger partial charge in [0.05, 0.1) is 6.61 Å². The van der Waals surface area contributed by atoms with Crippen molar-refractivity contribution in [1.82, 2.24) is 4.90 Å². The first-order valence-electron chi connectivity index (χ1n) is 7.19. The van der Waals surface area contributed by atoms with Gasteiger partial charge in [-0.1, -0.05) is 12.8 Å². The van der Waals surface area contributed by atoms with E-state index in [0.29, 0.717) is 13.2 Å². The fourth-order valence-electron chi connectivity index (χ4n) is 3.15. The van der Waals surface area contributed by atoms with Crippen LogP contribution < -0.4 is 0 Å². The van der Waals surface area contributed by atoms with Crippen molar-refractivity contribution in [2.24, 2.45) is 5.41 Å². The summed E-state index contributed by atoms with van der Waals surface area (Å²) >= 11 is 0. The number of carbonyl (C=O) groups excluding carboxylic acids is 1. The minimum absolute atomic E-state index is 0.214. The maximum Gasteiger partial charge on any atom is 0.127 e. The van der Waals surface area contributed by atoms with E-state index in [0.717, 1.165) is 38.6 Å². The largest absolute Gasteiger partial charge is 0.395 e. The fraction of sp³-hybridized carbons (Fsp3) is 0.929. The summed E-state index contributed by atoms with van der Waals surface area (Å²) in [7, 11) is 0. The Bertz CT molecular complexity index is 264. The Labute approximate surface area is 109 Å². The topological polar surface area (TPSA) is 49.8 Å². The molecule has 2 fully saturated rings. The summed E-state index contributed by atoms with van der Waals surface area (Å²) in [6, 6.07) is 0.243. The maximum atomic E-state index is 11.5. The van der Waals surface area contributed by atoms with Crippen molar-refractivity contribution in [3.05, 3.63) is 0 Å². The highest BCUT2D eigenvalue weighted by molar-refractivity contribution is 5.60. The predicted molar refractivity (Wildman–Crippen MR) is 69.5 cm³/mol. The van der Waals surface area contributed by atoms with Crippen LogP contribution in [-0.4, -0.2) is 55.2 Å². The van der Waals surface area contributed by atoms with Gasteiger partial charge in [-0.15, -0.1) is 0 Å². The highest BCUT2D eigenvalue weighted by Crippen LogP contribution is 2.31. The molecule has 0 aliphatic carbocycles. The van der Waals surface area contributed by atoms with Gasteiger partial charge in [0.15, 0.2) is 0 Å². The van der Waals surface area contributed by atoms with Gasteiger partial charge in [-0.05, 0) is 32.2 Å². The molecule has 2 heterocycles. The molecule has 1 N–H and O–H groups in total. The van der Waals surface area contributed by atoms with Crippen LogP contribution in [0.5, 0.6) is 0 Å². The molecule has 104 valence electrons. The highest BCUT2D eigenvalue weighted by Gasteiger charge is 2.36. The summed E-state index contributed by atoms with van der Waals surface area (Å²) in [4.78, 5) is 13.8. The lowest BCUT2D eigenvalue weighted by Gasteiger charge is -2.39. The molecule has 0 amide bonds. The molecule has 2 aliphatic rings. The number of hydrogen-bond donors (Lipinski definition) is 1. The van der Waals surface area contributed by atoms with Crippen LogP contribution in [0.1, 0.15) is 38.5 Å². The zero-order valence-electron chi connectivity index (χ0n) is 11.1. The number of carbonyl (C=O) groups is 1. The lowest BCUT2D eigenvalue weighted by atomic mass is 9.81. The summed E-state index contributed by atoms with van der Waals surface area (Å²) < 4.78 is 5.37. The van der Waals surface area contributed by atoms with Gasteiger partial charge < -0.3 is 14.6 Å². The standard InChI is InChI=1S/C14H25NO3/c16-10-13-4-2-1-3-7-15(13)11-14(12-17)5-8-18-9-6-14/h12-13,16H,1-11H2. The Morgan fingerprint density at radius 2 is 2.06 bits per heavy atom. The quantitative estimate of drug-likeness (QED) is 0.767. The smallest absolute Gasteiger partial charge is 0.127 e. The van der Waals surface area contributed by atoms with Crippen LogP contribution in [0.4, 0.5) is 0 Å². The molecule has 2 rings (SSSR count). The summed E-state index contributed by atoms with van der Waals surface area (Å²) in [5.41, 5.74) is -0.240. The van der Waals surface area contributed by atoms with Crippen molar-refractivity contribution >= 4 is 6.29 Å². The van der Waals surface area contributed by atoms with Crippen molar-refractivity contribution in [1.29, 1.82) is 0 Å². The van der Waals surface area contributed by atoms with Crippen LogP contribution in [-0.2, 0) is 9.53 Å². The lowest BCUT2D eigenvalue weighted by molar-refractivity contribution is -0.123. The van der Waals surface area contributed by atoms with Crippen LogP contribution in [0.25, 0.3) is 0 Å². The molecule has 0 saturated carbocycles. The molecule has 0 aromatic rings. The Balaban J connectivity index is 2.01. The maximum absolute atomic E-state index is 11.5. The minimum Gasteiger partial charge on any atom is -0.395 e. The number of likely N-dealkylation sites (tertiary alicyclic amines) is 1.